The predicted molar refractivity (Wildman–Crippen MR) is 253 cm³/mol. The monoisotopic (exact) mass is 820 g/mol. The highest BCUT2D eigenvalue weighted by molar-refractivity contribution is 7.90. The molecule has 0 saturated carbocycles. The minimum Gasteiger partial charge on any atom is -0.485 e. The lowest BCUT2D eigenvalue weighted by Gasteiger charge is -2.41. The zero-order valence-corrected chi connectivity index (χ0v) is 40.4. The molecule has 0 saturated heterocycles. The minimum absolute atomic E-state index is 0.0184. The van der Waals surface area contributed by atoms with E-state index in [-0.39, 0.29) is 23.0 Å². The summed E-state index contributed by atoms with van der Waals surface area (Å²) < 4.78 is 18.5. The van der Waals surface area contributed by atoms with Gasteiger partial charge in [-0.25, -0.2) is 0 Å². The molecule has 3 heterocycles. The van der Waals surface area contributed by atoms with Crippen molar-refractivity contribution in [3.63, 3.8) is 0 Å². The van der Waals surface area contributed by atoms with Gasteiger partial charge in [0.25, 0.3) is 0 Å². The summed E-state index contributed by atoms with van der Waals surface area (Å²) >= 11 is 0. The van der Waals surface area contributed by atoms with Crippen LogP contribution in [0.1, 0.15) is 146 Å². The van der Waals surface area contributed by atoms with Crippen LogP contribution < -0.4 is 24.3 Å². The molecule has 2 aromatic carbocycles. The van der Waals surface area contributed by atoms with Crippen LogP contribution in [0.25, 0.3) is 5.76 Å². The van der Waals surface area contributed by atoms with Crippen LogP contribution in [-0.2, 0) is 20.2 Å². The first-order valence-electron chi connectivity index (χ1n) is 21.7. The molecule has 5 nitrogen and oxygen atoms in total. The fraction of sp³-hybridized carbons (Fsp3) is 0.453. The van der Waals surface area contributed by atoms with Gasteiger partial charge in [0.1, 0.15) is 16.2 Å². The smallest absolute Gasteiger partial charge is 0.247 e. The molecule has 6 heteroatoms. The normalized spacial score (nSPS) is 12.1. The number of hydrogen-bond acceptors (Lipinski definition) is 2. The summed E-state index contributed by atoms with van der Waals surface area (Å²) in [6.45, 7) is 39.4. The van der Waals surface area contributed by atoms with Crippen molar-refractivity contribution in [2.24, 2.45) is 0 Å². The lowest BCUT2D eigenvalue weighted by Crippen LogP contribution is -2.50. The van der Waals surface area contributed by atoms with Crippen molar-refractivity contribution in [3.8, 4) is 0 Å². The highest BCUT2D eigenvalue weighted by Crippen LogP contribution is 2.73. The van der Waals surface area contributed by atoms with E-state index in [0.717, 1.165) is 11.5 Å². The van der Waals surface area contributed by atoms with Crippen LogP contribution in [0.2, 0.25) is 0 Å². The topological polar surface area (TPSA) is 30.1 Å². The van der Waals surface area contributed by atoms with E-state index >= 15 is 0 Å². The Morgan fingerprint density at radius 1 is 0.492 bits per heavy atom. The zero-order valence-electron chi connectivity index (χ0n) is 39.5. The van der Waals surface area contributed by atoms with Gasteiger partial charge in [0.15, 0.2) is 47.6 Å². The second-order valence-corrected chi connectivity index (χ2v) is 22.7. The van der Waals surface area contributed by atoms with Crippen LogP contribution >= 0.6 is 7.26 Å². The second kappa shape index (κ2) is 21.9. The molecule has 0 spiro atoms. The van der Waals surface area contributed by atoms with Gasteiger partial charge in [-0.05, 0) is 160 Å². The molecule has 318 valence electrons. The molecule has 0 amide bonds. The van der Waals surface area contributed by atoms with Crippen LogP contribution in [0, 0.1) is 0 Å². The maximum absolute atomic E-state index is 5.99. The number of ether oxygens (including phenoxy) is 2. The second-order valence-electron chi connectivity index (χ2n) is 18.1. The molecule has 0 radical (unpaired) electrons. The van der Waals surface area contributed by atoms with Gasteiger partial charge in [0.2, 0.25) is 17.1 Å². The van der Waals surface area contributed by atoms with Gasteiger partial charge in [-0.3, -0.25) is 0 Å². The molecule has 3 aromatic heterocycles. The van der Waals surface area contributed by atoms with Gasteiger partial charge in [-0.1, -0.05) is 36.4 Å². The standard InChI is InChI=1S/C26H34NP.C14H24NO.C13H20NO/c1-21(2)27-20-14-13-19-25(27)26(5,6)28(22(3)4,23-15-9-7-10-16-23)24-17-11-8-12-18-24;1-11(2)15-10-8-7-9-13(15)14(5,6)16-12(3)4;1-10(2)14-9-7-6-8-13(14)12(5)15-11(3)4/h7-22H,1-6H3;7-12H,1-6H3;6-11H,5H2,1-4H3/q+2;2*+1. The first kappa shape index (κ1) is 49.2. The molecule has 5 aromatic rings. The number of aromatic nitrogens is 3. The maximum atomic E-state index is 5.99. The van der Waals surface area contributed by atoms with Crippen LogP contribution in [0.4, 0.5) is 0 Å². The van der Waals surface area contributed by atoms with Crippen LogP contribution in [0.3, 0.4) is 0 Å². The molecule has 0 fully saturated rings. The molecule has 59 heavy (non-hydrogen) atoms. The first-order chi connectivity index (χ1) is 27.7. The van der Waals surface area contributed by atoms with Crippen molar-refractivity contribution in [3.05, 3.63) is 158 Å². The van der Waals surface area contributed by atoms with E-state index in [4.69, 9.17) is 9.47 Å². The maximum Gasteiger partial charge on any atom is 0.247 e. The summed E-state index contributed by atoms with van der Waals surface area (Å²) in [5, 5.41) is 2.95. The summed E-state index contributed by atoms with van der Waals surface area (Å²) in [6.07, 6.45) is 6.81. The molecule has 5 rings (SSSR count). The third-order valence-electron chi connectivity index (χ3n) is 10.8. The summed E-state index contributed by atoms with van der Waals surface area (Å²) in [7, 11) is -1.79. The Bertz CT molecular complexity index is 1980. The largest absolute Gasteiger partial charge is 0.485 e. The number of hydrogen-bond donors (Lipinski definition) is 0. The van der Waals surface area contributed by atoms with E-state index in [1.807, 2.05) is 32.0 Å². The summed E-state index contributed by atoms with van der Waals surface area (Å²) in [5.74, 6) is 0.735. The van der Waals surface area contributed by atoms with E-state index in [1.54, 1.807) is 0 Å². The highest BCUT2D eigenvalue weighted by atomic mass is 31.2. The Hall–Kier alpha value is -4.18. The third kappa shape index (κ3) is 12.2. The van der Waals surface area contributed by atoms with Gasteiger partial charge in [0.05, 0.1) is 25.1 Å². The molecule has 0 unspecified atom stereocenters. The minimum atomic E-state index is -1.79. The summed E-state index contributed by atoms with van der Waals surface area (Å²) in [6, 6.07) is 42.8. The van der Waals surface area contributed by atoms with E-state index in [0.29, 0.717) is 23.8 Å². The van der Waals surface area contributed by atoms with Crippen LogP contribution in [-0.4, -0.2) is 17.9 Å². The fourth-order valence-corrected chi connectivity index (χ4v) is 14.4. The van der Waals surface area contributed by atoms with Crippen molar-refractivity contribution >= 4 is 23.6 Å². The van der Waals surface area contributed by atoms with Crippen molar-refractivity contribution in [2.75, 3.05) is 0 Å². The molecule has 0 N–H and O–H groups in total. The molecule has 0 bridgehead atoms. The number of pyridine rings is 3. The van der Waals surface area contributed by atoms with E-state index in [9.17, 15) is 0 Å². The molecule has 0 aliphatic carbocycles. The van der Waals surface area contributed by atoms with Crippen molar-refractivity contribution in [2.45, 2.75) is 158 Å². The first-order valence-corrected chi connectivity index (χ1v) is 23.6. The van der Waals surface area contributed by atoms with Gasteiger partial charge in [0, 0.05) is 36.4 Å². The lowest BCUT2D eigenvalue weighted by atomic mass is 10.0. The Kier molecular flexibility index (Phi) is 18.2. The summed E-state index contributed by atoms with van der Waals surface area (Å²) in [4.78, 5) is 0. The highest BCUT2D eigenvalue weighted by Gasteiger charge is 2.62. The molecule has 0 atom stereocenters. The quantitative estimate of drug-likeness (QED) is 0.0635. The fourth-order valence-electron chi connectivity index (χ4n) is 8.52. The third-order valence-corrected chi connectivity index (χ3v) is 16.5. The Morgan fingerprint density at radius 3 is 1.29 bits per heavy atom. The molecule has 0 aliphatic heterocycles. The van der Waals surface area contributed by atoms with Gasteiger partial charge in [-0.2, -0.15) is 13.7 Å². The average molecular weight is 820 g/mol. The molecular weight excluding hydrogens is 742 g/mol. The molecular formula is C53H78N3O2P+4. The number of nitrogens with zero attached hydrogens (tertiary/aromatic N) is 3. The van der Waals surface area contributed by atoms with Crippen LogP contribution in [0.5, 0.6) is 0 Å². The van der Waals surface area contributed by atoms with Crippen LogP contribution in [0.15, 0.2) is 140 Å². The van der Waals surface area contributed by atoms with Crippen molar-refractivity contribution in [1.29, 1.82) is 0 Å². The van der Waals surface area contributed by atoms with Crippen molar-refractivity contribution in [1.82, 2.24) is 0 Å². The SMILES string of the molecule is C=C(OC(C)C)c1cccc[n+]1C(C)C.CC(C)OC(C)(C)c1cccc[n+]1C(C)C.CC(C)[n+]1ccccc1C(C)(C)[P+](c1ccccc1)(c1ccccc1)C(C)C. The van der Waals surface area contributed by atoms with Crippen molar-refractivity contribution < 1.29 is 23.2 Å². The van der Waals surface area contributed by atoms with Gasteiger partial charge < -0.3 is 9.47 Å². The van der Waals surface area contributed by atoms with E-state index < -0.39 is 7.26 Å². The predicted octanol–water partition coefficient (Wildman–Crippen LogP) is 12.0. The Morgan fingerprint density at radius 2 is 0.881 bits per heavy atom. The number of rotatable bonds is 14. The van der Waals surface area contributed by atoms with E-state index in [1.165, 1.54) is 22.0 Å². The summed E-state index contributed by atoms with van der Waals surface area (Å²) in [5.41, 5.74) is 3.95. The zero-order chi connectivity index (χ0) is 44.1. The lowest BCUT2D eigenvalue weighted by molar-refractivity contribution is -0.729. The molecule has 0 aliphatic rings. The Balaban J connectivity index is 0.000000256. The average Bonchev–Trinajstić information content (AvgIpc) is 3.18. The van der Waals surface area contributed by atoms with Gasteiger partial charge in [-0.15, -0.1) is 0 Å². The number of benzene rings is 2. The van der Waals surface area contributed by atoms with E-state index in [2.05, 4.69) is 233 Å². The van der Waals surface area contributed by atoms with Gasteiger partial charge >= 0.3 is 0 Å². The Labute approximate surface area is 360 Å².